The molecule has 0 aliphatic heterocycles. The number of nitrogens with zero attached hydrogens (tertiary/aromatic N) is 2. The third kappa shape index (κ3) is 6.91. The van der Waals surface area contributed by atoms with Gasteiger partial charge in [0.25, 0.3) is 0 Å². The van der Waals surface area contributed by atoms with E-state index >= 15 is 0 Å². The summed E-state index contributed by atoms with van der Waals surface area (Å²) >= 11 is 1.74. The quantitative estimate of drug-likeness (QED) is 0.364. The number of aliphatic hydroxyl groups excluding tert-OH is 1. The molecule has 2 aromatic rings. The number of aliphatic hydroxyl groups is 1. The van der Waals surface area contributed by atoms with Gasteiger partial charge in [0, 0.05) is 30.6 Å². The minimum Gasteiger partial charge on any atom is -0.386 e. The second-order valence-electron chi connectivity index (χ2n) is 5.48. The third-order valence-corrected chi connectivity index (χ3v) is 4.58. The number of thiophene rings is 1. The summed E-state index contributed by atoms with van der Waals surface area (Å²) in [5, 5.41) is 15.5. The van der Waals surface area contributed by atoms with Gasteiger partial charge in [-0.25, -0.2) is 4.39 Å². The fraction of sp³-hybridized carbons (Fsp3) is 0.389. The summed E-state index contributed by atoms with van der Waals surface area (Å²) < 4.78 is 13.7. The summed E-state index contributed by atoms with van der Waals surface area (Å²) in [6.45, 7) is 3.67. The maximum absolute atomic E-state index is 13.7. The van der Waals surface area contributed by atoms with Crippen molar-refractivity contribution in [3.8, 4) is 0 Å². The van der Waals surface area contributed by atoms with Crippen molar-refractivity contribution in [1.29, 1.82) is 0 Å². The second-order valence-corrected chi connectivity index (χ2v) is 6.52. The highest BCUT2D eigenvalue weighted by molar-refractivity contribution is 14.0. The first-order valence-corrected chi connectivity index (χ1v) is 8.94. The standard InChI is InChI=1S/C18H24FN3OS.HI/c1-3-20-18(22(2)11-10-14-7-6-12-24-14)21-13-17(23)15-8-4-5-9-16(15)19;/h4-9,12,17,23H,3,10-11,13H2,1-2H3,(H,20,21);1H. The van der Waals surface area contributed by atoms with Crippen molar-refractivity contribution in [2.75, 3.05) is 26.7 Å². The lowest BCUT2D eigenvalue weighted by Gasteiger charge is -2.22. The van der Waals surface area contributed by atoms with Crippen LogP contribution in [0, 0.1) is 5.82 Å². The fourth-order valence-electron chi connectivity index (χ4n) is 2.32. The smallest absolute Gasteiger partial charge is 0.193 e. The predicted molar refractivity (Wildman–Crippen MR) is 113 cm³/mol. The van der Waals surface area contributed by atoms with E-state index in [1.165, 1.54) is 10.9 Å². The van der Waals surface area contributed by atoms with Crippen LogP contribution < -0.4 is 5.32 Å². The van der Waals surface area contributed by atoms with Gasteiger partial charge < -0.3 is 15.3 Å². The Hall–Kier alpha value is -1.19. The van der Waals surface area contributed by atoms with Crippen molar-refractivity contribution in [2.24, 2.45) is 4.99 Å². The molecule has 0 radical (unpaired) electrons. The highest BCUT2D eigenvalue weighted by Crippen LogP contribution is 2.17. The van der Waals surface area contributed by atoms with E-state index in [0.29, 0.717) is 5.96 Å². The Morgan fingerprint density at radius 3 is 2.72 bits per heavy atom. The Kier molecular flexibility index (Phi) is 9.99. The molecule has 1 unspecified atom stereocenters. The number of rotatable bonds is 7. The van der Waals surface area contributed by atoms with Crippen LogP contribution in [0.15, 0.2) is 46.8 Å². The van der Waals surface area contributed by atoms with E-state index in [9.17, 15) is 9.50 Å². The molecule has 138 valence electrons. The number of hydrogen-bond donors (Lipinski definition) is 2. The first-order chi connectivity index (χ1) is 11.6. The average molecular weight is 477 g/mol. The Labute approximate surface area is 169 Å². The first-order valence-electron chi connectivity index (χ1n) is 8.06. The molecule has 1 atom stereocenters. The number of nitrogens with one attached hydrogen (secondary N) is 1. The average Bonchev–Trinajstić information content (AvgIpc) is 3.10. The third-order valence-electron chi connectivity index (χ3n) is 3.65. The molecule has 0 aliphatic rings. The molecule has 0 fully saturated rings. The zero-order chi connectivity index (χ0) is 17.4. The van der Waals surface area contributed by atoms with Crippen LogP contribution in [-0.2, 0) is 6.42 Å². The van der Waals surface area contributed by atoms with Crippen LogP contribution in [0.5, 0.6) is 0 Å². The fourth-order valence-corrected chi connectivity index (χ4v) is 3.02. The number of halogens is 2. The normalized spacial score (nSPS) is 12.4. The summed E-state index contributed by atoms with van der Waals surface area (Å²) in [6.07, 6.45) is -0.0143. The van der Waals surface area contributed by atoms with E-state index in [1.807, 2.05) is 24.9 Å². The van der Waals surface area contributed by atoms with Crippen LogP contribution in [-0.4, -0.2) is 42.6 Å². The molecule has 25 heavy (non-hydrogen) atoms. The molecule has 0 saturated heterocycles. The summed E-state index contributed by atoms with van der Waals surface area (Å²) in [6, 6.07) is 10.4. The molecule has 0 spiro atoms. The largest absolute Gasteiger partial charge is 0.386 e. The zero-order valence-electron chi connectivity index (χ0n) is 14.5. The molecule has 2 N–H and O–H groups in total. The number of benzene rings is 1. The molecule has 0 saturated carbocycles. The maximum Gasteiger partial charge on any atom is 0.193 e. The number of guanidine groups is 1. The molecule has 1 aromatic heterocycles. The van der Waals surface area contributed by atoms with E-state index in [1.54, 1.807) is 29.5 Å². The highest BCUT2D eigenvalue weighted by Gasteiger charge is 2.13. The molecule has 7 heteroatoms. The zero-order valence-corrected chi connectivity index (χ0v) is 17.6. The monoisotopic (exact) mass is 477 g/mol. The molecule has 1 heterocycles. The first kappa shape index (κ1) is 21.9. The number of aliphatic imine (C=N–C) groups is 1. The van der Waals surface area contributed by atoms with Crippen LogP contribution in [0.2, 0.25) is 0 Å². The van der Waals surface area contributed by atoms with E-state index in [2.05, 4.69) is 21.8 Å². The maximum atomic E-state index is 13.7. The molecule has 4 nitrogen and oxygen atoms in total. The Morgan fingerprint density at radius 1 is 1.32 bits per heavy atom. The summed E-state index contributed by atoms with van der Waals surface area (Å²) in [4.78, 5) is 7.80. The number of hydrogen-bond acceptors (Lipinski definition) is 3. The SMILES string of the molecule is CCNC(=NCC(O)c1ccccc1F)N(C)CCc1cccs1.I. The lowest BCUT2D eigenvalue weighted by molar-refractivity contribution is 0.182. The van der Waals surface area contributed by atoms with Gasteiger partial charge in [-0.2, -0.15) is 0 Å². The molecule has 2 rings (SSSR count). The molecular formula is C18H25FIN3OS. The Bertz CT molecular complexity index is 652. The lowest BCUT2D eigenvalue weighted by atomic mass is 10.1. The van der Waals surface area contributed by atoms with Crippen molar-refractivity contribution >= 4 is 41.3 Å². The van der Waals surface area contributed by atoms with Gasteiger partial charge in [-0.15, -0.1) is 35.3 Å². The molecule has 0 aliphatic carbocycles. The van der Waals surface area contributed by atoms with E-state index in [4.69, 9.17) is 0 Å². The molecule has 0 amide bonds. The van der Waals surface area contributed by atoms with Gasteiger partial charge in [0.1, 0.15) is 11.9 Å². The summed E-state index contributed by atoms with van der Waals surface area (Å²) in [7, 11) is 1.96. The van der Waals surface area contributed by atoms with E-state index in [0.717, 1.165) is 19.5 Å². The van der Waals surface area contributed by atoms with Gasteiger partial charge in [0.15, 0.2) is 5.96 Å². The molecule has 0 bridgehead atoms. The molecular weight excluding hydrogens is 452 g/mol. The van der Waals surface area contributed by atoms with Crippen LogP contribution >= 0.6 is 35.3 Å². The molecule has 1 aromatic carbocycles. The van der Waals surface area contributed by atoms with Crippen molar-refractivity contribution in [1.82, 2.24) is 10.2 Å². The van der Waals surface area contributed by atoms with Gasteiger partial charge in [0.2, 0.25) is 0 Å². The van der Waals surface area contributed by atoms with Crippen molar-refractivity contribution in [3.63, 3.8) is 0 Å². The van der Waals surface area contributed by atoms with Crippen molar-refractivity contribution < 1.29 is 9.50 Å². The van der Waals surface area contributed by atoms with Crippen LogP contribution in [0.25, 0.3) is 0 Å². The minimum atomic E-state index is -0.953. The van der Waals surface area contributed by atoms with Crippen LogP contribution in [0.1, 0.15) is 23.5 Å². The van der Waals surface area contributed by atoms with Gasteiger partial charge in [0.05, 0.1) is 6.54 Å². The summed E-state index contributed by atoms with van der Waals surface area (Å²) in [5.41, 5.74) is 0.276. The van der Waals surface area contributed by atoms with Crippen molar-refractivity contribution in [2.45, 2.75) is 19.4 Å². The van der Waals surface area contributed by atoms with E-state index < -0.39 is 11.9 Å². The van der Waals surface area contributed by atoms with E-state index in [-0.39, 0.29) is 36.1 Å². The van der Waals surface area contributed by atoms with Crippen molar-refractivity contribution in [3.05, 3.63) is 58.0 Å². The van der Waals surface area contributed by atoms with Gasteiger partial charge in [-0.3, -0.25) is 4.99 Å². The van der Waals surface area contributed by atoms with Gasteiger partial charge >= 0.3 is 0 Å². The van der Waals surface area contributed by atoms with Gasteiger partial charge in [-0.1, -0.05) is 24.3 Å². The number of likely N-dealkylation sites (N-methyl/N-ethyl adjacent to an activating group) is 1. The predicted octanol–water partition coefficient (Wildman–Crippen LogP) is 3.68. The van der Waals surface area contributed by atoms with Crippen LogP contribution in [0.3, 0.4) is 0 Å². The second kappa shape index (κ2) is 11.4. The lowest BCUT2D eigenvalue weighted by Crippen LogP contribution is -2.40. The van der Waals surface area contributed by atoms with Gasteiger partial charge in [-0.05, 0) is 30.9 Å². The minimum absolute atomic E-state index is 0. The van der Waals surface area contributed by atoms with Crippen LogP contribution in [0.4, 0.5) is 4.39 Å². The Morgan fingerprint density at radius 2 is 2.08 bits per heavy atom. The Balaban J connectivity index is 0.00000312. The topological polar surface area (TPSA) is 47.9 Å². The summed E-state index contributed by atoms with van der Waals surface area (Å²) in [5.74, 6) is 0.306. The highest BCUT2D eigenvalue weighted by atomic mass is 127.